The number of hydrogen-bond donors (Lipinski definition) is 1. The van der Waals surface area contributed by atoms with E-state index >= 15 is 0 Å². The second-order valence-corrected chi connectivity index (χ2v) is 9.44. The third-order valence-corrected chi connectivity index (χ3v) is 6.88. The van der Waals surface area contributed by atoms with Gasteiger partial charge in [0.05, 0.1) is 19.6 Å². The van der Waals surface area contributed by atoms with E-state index < -0.39 is 5.60 Å². The Kier molecular flexibility index (Phi) is 6.11. The average molecular weight is 428 g/mol. The molecule has 0 radical (unpaired) electrons. The van der Waals surface area contributed by atoms with Gasteiger partial charge in [-0.25, -0.2) is 0 Å². The Bertz CT molecular complexity index is 904. The number of likely N-dealkylation sites (tertiary alicyclic amines) is 1. The van der Waals surface area contributed by atoms with Crippen LogP contribution in [0.3, 0.4) is 0 Å². The van der Waals surface area contributed by atoms with E-state index in [0.717, 1.165) is 42.1 Å². The molecule has 2 amide bonds. The Balaban J connectivity index is 1.38. The average Bonchev–Trinajstić information content (AvgIpc) is 3.18. The summed E-state index contributed by atoms with van der Waals surface area (Å²) in [5.41, 5.74) is 1.84. The van der Waals surface area contributed by atoms with Gasteiger partial charge < -0.3 is 15.0 Å². The lowest BCUT2D eigenvalue weighted by atomic mass is 9.90. The van der Waals surface area contributed by atoms with Gasteiger partial charge >= 0.3 is 0 Å². The number of nitrogens with zero attached hydrogens (tertiary/aromatic N) is 2. The van der Waals surface area contributed by atoms with E-state index in [1.807, 2.05) is 28.5 Å². The summed E-state index contributed by atoms with van der Waals surface area (Å²) in [6.45, 7) is 7.40. The highest BCUT2D eigenvalue weighted by Gasteiger charge is 2.41. The van der Waals surface area contributed by atoms with Gasteiger partial charge in [-0.3, -0.25) is 14.5 Å². The van der Waals surface area contributed by atoms with Crippen molar-refractivity contribution in [3.05, 3.63) is 51.7 Å². The highest BCUT2D eigenvalue weighted by atomic mass is 32.1. The fourth-order valence-electron chi connectivity index (χ4n) is 4.27. The summed E-state index contributed by atoms with van der Waals surface area (Å²) >= 11 is 1.65. The molecule has 160 valence electrons. The number of amides is 2. The minimum absolute atomic E-state index is 0.0484. The first-order valence-electron chi connectivity index (χ1n) is 10.5. The van der Waals surface area contributed by atoms with Crippen LogP contribution in [0.25, 0.3) is 0 Å². The van der Waals surface area contributed by atoms with Gasteiger partial charge in [-0.05, 0) is 24.4 Å². The topological polar surface area (TPSA) is 61.9 Å². The molecule has 2 aromatic rings. The second kappa shape index (κ2) is 8.78. The van der Waals surface area contributed by atoms with Gasteiger partial charge in [0.1, 0.15) is 11.4 Å². The maximum absolute atomic E-state index is 12.3. The molecule has 1 spiro atoms. The number of nitrogens with one attached hydrogen (secondary N) is 1. The number of carbonyl (C=O) groups excluding carboxylic acids is 2. The van der Waals surface area contributed by atoms with Crippen molar-refractivity contribution in [2.24, 2.45) is 0 Å². The standard InChI is InChI=1S/C23H29N3O3S/c1-17-5-6-21-19(12-17)14-26(18(2)27)16-23(29-21)7-9-25(10-8-23)15-22(28)24-13-20-4-3-11-30-20/h3-6,11-12H,7-10,13-16H2,1-2H3,(H,24,28). The van der Waals surface area contributed by atoms with Crippen molar-refractivity contribution in [3.8, 4) is 5.75 Å². The summed E-state index contributed by atoms with van der Waals surface area (Å²) in [6.07, 6.45) is 1.59. The molecule has 7 heteroatoms. The Morgan fingerprint density at radius 1 is 1.23 bits per heavy atom. The number of benzene rings is 1. The minimum atomic E-state index is -0.393. The van der Waals surface area contributed by atoms with Crippen molar-refractivity contribution in [2.75, 3.05) is 26.2 Å². The van der Waals surface area contributed by atoms with Crippen LogP contribution in [0.1, 0.15) is 35.8 Å². The smallest absolute Gasteiger partial charge is 0.234 e. The zero-order chi connectivity index (χ0) is 21.1. The summed E-state index contributed by atoms with van der Waals surface area (Å²) < 4.78 is 6.55. The van der Waals surface area contributed by atoms with Gasteiger partial charge in [-0.1, -0.05) is 23.8 Å². The number of thiophene rings is 1. The highest BCUT2D eigenvalue weighted by Crippen LogP contribution is 2.36. The first-order valence-corrected chi connectivity index (χ1v) is 11.4. The van der Waals surface area contributed by atoms with E-state index in [0.29, 0.717) is 26.2 Å². The quantitative estimate of drug-likeness (QED) is 0.815. The molecule has 2 aliphatic heterocycles. The zero-order valence-electron chi connectivity index (χ0n) is 17.6. The van der Waals surface area contributed by atoms with Crippen LogP contribution >= 0.6 is 11.3 Å². The van der Waals surface area contributed by atoms with Gasteiger partial charge in [0, 0.05) is 49.8 Å². The van der Waals surface area contributed by atoms with E-state index in [9.17, 15) is 9.59 Å². The number of aryl methyl sites for hydroxylation is 1. The molecule has 0 atom stereocenters. The summed E-state index contributed by atoms with van der Waals surface area (Å²) in [5.74, 6) is 1.00. The van der Waals surface area contributed by atoms with Gasteiger partial charge in [-0.15, -0.1) is 11.3 Å². The van der Waals surface area contributed by atoms with Crippen LogP contribution in [0.15, 0.2) is 35.7 Å². The van der Waals surface area contributed by atoms with Crippen molar-refractivity contribution in [1.82, 2.24) is 15.1 Å². The molecular weight excluding hydrogens is 398 g/mol. The monoisotopic (exact) mass is 427 g/mol. The van der Waals surface area contributed by atoms with Crippen molar-refractivity contribution in [2.45, 2.75) is 45.4 Å². The molecule has 0 aliphatic carbocycles. The predicted octanol–water partition coefficient (Wildman–Crippen LogP) is 2.95. The van der Waals surface area contributed by atoms with E-state index in [1.54, 1.807) is 18.3 Å². The zero-order valence-corrected chi connectivity index (χ0v) is 18.5. The molecular formula is C23H29N3O3S. The predicted molar refractivity (Wildman–Crippen MR) is 117 cm³/mol. The van der Waals surface area contributed by atoms with Crippen molar-refractivity contribution in [1.29, 1.82) is 0 Å². The van der Waals surface area contributed by atoms with Crippen molar-refractivity contribution >= 4 is 23.2 Å². The normalized spacial score (nSPS) is 18.4. The van der Waals surface area contributed by atoms with E-state index in [4.69, 9.17) is 4.74 Å². The molecule has 1 aromatic carbocycles. The fraction of sp³-hybridized carbons (Fsp3) is 0.478. The molecule has 1 saturated heterocycles. The number of hydrogen-bond acceptors (Lipinski definition) is 5. The first kappa shape index (κ1) is 20.9. The van der Waals surface area contributed by atoms with Gasteiger partial charge in [0.2, 0.25) is 11.8 Å². The Hall–Kier alpha value is -2.38. The fourth-order valence-corrected chi connectivity index (χ4v) is 4.91. The molecule has 30 heavy (non-hydrogen) atoms. The van der Waals surface area contributed by atoms with Crippen molar-refractivity contribution in [3.63, 3.8) is 0 Å². The van der Waals surface area contributed by atoms with Crippen LogP contribution in [-0.2, 0) is 22.7 Å². The number of carbonyl (C=O) groups is 2. The summed E-state index contributed by atoms with van der Waals surface area (Å²) in [4.78, 5) is 29.8. The van der Waals surface area contributed by atoms with Crippen molar-refractivity contribution < 1.29 is 14.3 Å². The van der Waals surface area contributed by atoms with Crippen LogP contribution in [0.2, 0.25) is 0 Å². The molecule has 6 nitrogen and oxygen atoms in total. The SMILES string of the molecule is CC(=O)N1Cc2cc(C)ccc2OC2(CCN(CC(=O)NCc3cccs3)CC2)C1. The molecule has 0 unspecified atom stereocenters. The highest BCUT2D eigenvalue weighted by molar-refractivity contribution is 7.09. The molecule has 3 heterocycles. The lowest BCUT2D eigenvalue weighted by Gasteiger charge is -2.42. The molecule has 4 rings (SSSR count). The third kappa shape index (κ3) is 4.84. The van der Waals surface area contributed by atoms with Gasteiger partial charge in [0.15, 0.2) is 0 Å². The summed E-state index contributed by atoms with van der Waals surface area (Å²) in [7, 11) is 0. The number of rotatable bonds is 4. The molecule has 0 saturated carbocycles. The molecule has 1 N–H and O–H groups in total. The van der Waals surface area contributed by atoms with Gasteiger partial charge in [-0.2, -0.15) is 0 Å². The molecule has 0 bridgehead atoms. The number of piperidine rings is 1. The number of fused-ring (bicyclic) bond motifs is 1. The van der Waals surface area contributed by atoms with E-state index in [2.05, 4.69) is 29.3 Å². The summed E-state index contributed by atoms with van der Waals surface area (Å²) in [6, 6.07) is 10.2. The van der Waals surface area contributed by atoms with E-state index in [-0.39, 0.29) is 11.8 Å². The second-order valence-electron chi connectivity index (χ2n) is 8.40. The Morgan fingerprint density at radius 2 is 2.03 bits per heavy atom. The summed E-state index contributed by atoms with van der Waals surface area (Å²) in [5, 5.41) is 5.02. The molecule has 2 aliphatic rings. The lowest BCUT2D eigenvalue weighted by Crippen LogP contribution is -2.55. The van der Waals surface area contributed by atoms with Crippen LogP contribution < -0.4 is 10.1 Å². The molecule has 1 fully saturated rings. The number of ether oxygens (including phenoxy) is 1. The lowest BCUT2D eigenvalue weighted by molar-refractivity contribution is -0.133. The van der Waals surface area contributed by atoms with Crippen LogP contribution in [0.4, 0.5) is 0 Å². The Morgan fingerprint density at radius 3 is 2.73 bits per heavy atom. The minimum Gasteiger partial charge on any atom is -0.485 e. The third-order valence-electron chi connectivity index (χ3n) is 6.00. The maximum Gasteiger partial charge on any atom is 0.234 e. The largest absolute Gasteiger partial charge is 0.485 e. The Labute approximate surface area is 181 Å². The first-order chi connectivity index (χ1) is 14.4. The van der Waals surface area contributed by atoms with Crippen LogP contribution in [0.5, 0.6) is 5.75 Å². The van der Waals surface area contributed by atoms with Crippen LogP contribution in [0, 0.1) is 6.92 Å². The van der Waals surface area contributed by atoms with E-state index in [1.165, 1.54) is 5.56 Å². The van der Waals surface area contributed by atoms with Gasteiger partial charge in [0.25, 0.3) is 0 Å². The maximum atomic E-state index is 12.3. The van der Waals surface area contributed by atoms with Crippen LogP contribution in [-0.4, -0.2) is 53.4 Å². The molecule has 1 aromatic heterocycles.